The van der Waals surface area contributed by atoms with Crippen molar-refractivity contribution in [2.75, 3.05) is 38.3 Å². The molecule has 0 aliphatic carbocycles. The van der Waals surface area contributed by atoms with Gasteiger partial charge in [-0.2, -0.15) is 4.31 Å². The summed E-state index contributed by atoms with van der Waals surface area (Å²) >= 11 is 1.29. The number of sulfonamides is 1. The molecule has 7 nitrogen and oxygen atoms in total. The molecule has 9 heteroatoms. The fourth-order valence-corrected chi connectivity index (χ4v) is 5.23. The summed E-state index contributed by atoms with van der Waals surface area (Å²) in [6, 6.07) is 13.2. The third kappa shape index (κ3) is 5.84. The van der Waals surface area contributed by atoms with E-state index in [2.05, 4.69) is 5.32 Å². The normalized spacial score (nSPS) is 11.4. The Labute approximate surface area is 182 Å². The number of carbonyl (C=O) groups is 2. The molecule has 0 radical (unpaired) electrons. The van der Waals surface area contributed by atoms with Crippen LogP contribution in [0.4, 0.5) is 5.69 Å². The number of benzene rings is 2. The highest BCUT2D eigenvalue weighted by atomic mass is 32.2. The largest absolute Gasteiger partial charge is 0.348 e. The van der Waals surface area contributed by atoms with Gasteiger partial charge in [0.05, 0.1) is 16.2 Å². The first kappa shape index (κ1) is 23.9. The molecule has 0 spiro atoms. The van der Waals surface area contributed by atoms with Crippen molar-refractivity contribution in [3.05, 3.63) is 54.1 Å². The minimum Gasteiger partial charge on any atom is -0.348 e. The van der Waals surface area contributed by atoms with Gasteiger partial charge in [-0.3, -0.25) is 9.59 Å². The summed E-state index contributed by atoms with van der Waals surface area (Å²) in [6.07, 6.45) is 0. The number of rotatable bonds is 9. The monoisotopic (exact) mass is 449 g/mol. The van der Waals surface area contributed by atoms with E-state index < -0.39 is 10.0 Å². The molecule has 1 N–H and O–H groups in total. The van der Waals surface area contributed by atoms with Crippen LogP contribution in [0.2, 0.25) is 0 Å². The van der Waals surface area contributed by atoms with Crippen LogP contribution in [0.25, 0.3) is 0 Å². The highest BCUT2D eigenvalue weighted by molar-refractivity contribution is 8.00. The lowest BCUT2D eigenvalue weighted by molar-refractivity contribution is -0.125. The molecular formula is C21H27N3O4S2. The molecule has 0 heterocycles. The van der Waals surface area contributed by atoms with E-state index in [0.717, 1.165) is 0 Å². The number of hydrogen-bond acceptors (Lipinski definition) is 5. The van der Waals surface area contributed by atoms with Gasteiger partial charge in [0.25, 0.3) is 5.91 Å². The van der Waals surface area contributed by atoms with E-state index in [9.17, 15) is 18.0 Å². The third-order valence-corrected chi connectivity index (χ3v) is 7.52. The quantitative estimate of drug-likeness (QED) is 0.595. The molecule has 0 saturated heterocycles. The topological polar surface area (TPSA) is 86.8 Å². The van der Waals surface area contributed by atoms with E-state index in [4.69, 9.17) is 0 Å². The molecule has 162 valence electrons. The second-order valence-corrected chi connectivity index (χ2v) is 9.60. The minimum absolute atomic E-state index is 0.0514. The number of amides is 2. The lowest BCUT2D eigenvalue weighted by atomic mass is 10.2. The lowest BCUT2D eigenvalue weighted by Crippen LogP contribution is -2.30. The molecule has 0 saturated carbocycles. The van der Waals surface area contributed by atoms with E-state index in [1.165, 1.54) is 33.1 Å². The van der Waals surface area contributed by atoms with Crippen molar-refractivity contribution in [1.29, 1.82) is 0 Å². The van der Waals surface area contributed by atoms with Gasteiger partial charge >= 0.3 is 0 Å². The molecule has 0 unspecified atom stereocenters. The molecule has 2 rings (SSSR count). The Hall–Kier alpha value is -2.36. The zero-order valence-electron chi connectivity index (χ0n) is 17.6. The summed E-state index contributed by atoms with van der Waals surface area (Å²) in [4.78, 5) is 27.0. The third-order valence-electron chi connectivity index (χ3n) is 4.42. The number of nitrogens with one attached hydrogen (secondary N) is 1. The van der Waals surface area contributed by atoms with Crippen molar-refractivity contribution in [3.63, 3.8) is 0 Å². The van der Waals surface area contributed by atoms with E-state index in [0.29, 0.717) is 29.2 Å². The second-order valence-electron chi connectivity index (χ2n) is 6.64. The summed E-state index contributed by atoms with van der Waals surface area (Å²) in [6.45, 7) is 4.29. The highest BCUT2D eigenvalue weighted by Gasteiger charge is 2.22. The number of carbonyl (C=O) groups excluding carboxylic acids is 2. The van der Waals surface area contributed by atoms with Crippen LogP contribution in [-0.2, 0) is 14.8 Å². The van der Waals surface area contributed by atoms with Crippen LogP contribution in [0.5, 0.6) is 0 Å². The standard InChI is InChI=1S/C21H27N3O4S2/c1-5-24(6-2)30(27,28)17-11-9-10-16(14-17)22-21(26)18-12-7-8-13-19(18)29-15-20(25)23(3)4/h7-14H,5-6,15H2,1-4H3,(H,22,26). The predicted molar refractivity (Wildman–Crippen MR) is 120 cm³/mol. The van der Waals surface area contributed by atoms with E-state index >= 15 is 0 Å². The molecule has 2 amide bonds. The summed E-state index contributed by atoms with van der Waals surface area (Å²) in [5.74, 6) is -0.202. The molecule has 0 atom stereocenters. The maximum Gasteiger partial charge on any atom is 0.256 e. The number of thioether (sulfide) groups is 1. The molecule has 0 aliphatic rings. The zero-order chi connectivity index (χ0) is 22.3. The Morgan fingerprint density at radius 1 is 1.00 bits per heavy atom. The second kappa shape index (κ2) is 10.6. The maximum absolute atomic E-state index is 12.8. The Morgan fingerprint density at radius 2 is 1.67 bits per heavy atom. The first-order valence-corrected chi connectivity index (χ1v) is 12.0. The first-order valence-electron chi connectivity index (χ1n) is 9.54. The number of anilines is 1. The first-order chi connectivity index (χ1) is 14.2. The van der Waals surface area contributed by atoms with Gasteiger partial charge in [-0.25, -0.2) is 8.42 Å². The maximum atomic E-state index is 12.8. The van der Waals surface area contributed by atoms with Gasteiger partial charge in [0, 0.05) is 37.8 Å². The predicted octanol–water partition coefficient (Wildman–Crippen LogP) is 3.15. The fraction of sp³-hybridized carbons (Fsp3) is 0.333. The van der Waals surface area contributed by atoms with E-state index in [1.54, 1.807) is 64.3 Å². The SMILES string of the molecule is CCN(CC)S(=O)(=O)c1cccc(NC(=O)c2ccccc2SCC(=O)N(C)C)c1. The summed E-state index contributed by atoms with van der Waals surface area (Å²) in [5.41, 5.74) is 0.809. The van der Waals surface area contributed by atoms with Gasteiger partial charge in [0.2, 0.25) is 15.9 Å². The fourth-order valence-electron chi connectivity index (χ4n) is 2.69. The van der Waals surface area contributed by atoms with Crippen molar-refractivity contribution in [3.8, 4) is 0 Å². The Kier molecular flexibility index (Phi) is 8.45. The lowest BCUT2D eigenvalue weighted by Gasteiger charge is -2.19. The van der Waals surface area contributed by atoms with Gasteiger partial charge in [0.1, 0.15) is 0 Å². The Morgan fingerprint density at radius 3 is 2.30 bits per heavy atom. The van der Waals surface area contributed by atoms with Gasteiger partial charge < -0.3 is 10.2 Å². The van der Waals surface area contributed by atoms with Crippen molar-refractivity contribution in [2.24, 2.45) is 0 Å². The Balaban J connectivity index is 2.23. The smallest absolute Gasteiger partial charge is 0.256 e. The van der Waals surface area contributed by atoms with Crippen LogP contribution in [0.15, 0.2) is 58.3 Å². The zero-order valence-corrected chi connectivity index (χ0v) is 19.2. The van der Waals surface area contributed by atoms with Crippen molar-refractivity contribution >= 4 is 39.3 Å². The average Bonchev–Trinajstić information content (AvgIpc) is 2.73. The number of hydrogen-bond donors (Lipinski definition) is 1. The highest BCUT2D eigenvalue weighted by Crippen LogP contribution is 2.25. The van der Waals surface area contributed by atoms with Crippen LogP contribution in [-0.4, -0.2) is 62.4 Å². The van der Waals surface area contributed by atoms with Crippen LogP contribution in [0, 0.1) is 0 Å². The molecule has 30 heavy (non-hydrogen) atoms. The van der Waals surface area contributed by atoms with Gasteiger partial charge in [-0.15, -0.1) is 11.8 Å². The molecule has 2 aromatic carbocycles. The van der Waals surface area contributed by atoms with E-state index in [-0.39, 0.29) is 22.5 Å². The van der Waals surface area contributed by atoms with Crippen molar-refractivity contribution < 1.29 is 18.0 Å². The van der Waals surface area contributed by atoms with Crippen LogP contribution in [0.3, 0.4) is 0 Å². The average molecular weight is 450 g/mol. The van der Waals surface area contributed by atoms with Crippen LogP contribution < -0.4 is 5.32 Å². The number of nitrogens with zero attached hydrogens (tertiary/aromatic N) is 2. The van der Waals surface area contributed by atoms with E-state index in [1.807, 2.05) is 0 Å². The van der Waals surface area contributed by atoms with Crippen molar-refractivity contribution in [1.82, 2.24) is 9.21 Å². The molecule has 0 bridgehead atoms. The minimum atomic E-state index is -3.62. The summed E-state index contributed by atoms with van der Waals surface area (Å²) in [7, 11) is -0.260. The Bertz CT molecular complexity index is 1000. The van der Waals surface area contributed by atoms with Crippen LogP contribution in [0.1, 0.15) is 24.2 Å². The van der Waals surface area contributed by atoms with Gasteiger partial charge in [0.15, 0.2) is 0 Å². The molecule has 2 aromatic rings. The molecule has 0 aliphatic heterocycles. The summed E-state index contributed by atoms with van der Waals surface area (Å²) in [5, 5.41) is 2.77. The van der Waals surface area contributed by atoms with Crippen LogP contribution >= 0.6 is 11.8 Å². The molecule has 0 fully saturated rings. The molecule has 0 aromatic heterocycles. The van der Waals surface area contributed by atoms with Gasteiger partial charge in [-0.05, 0) is 30.3 Å². The van der Waals surface area contributed by atoms with Gasteiger partial charge in [-0.1, -0.05) is 32.0 Å². The van der Waals surface area contributed by atoms with Crippen molar-refractivity contribution in [2.45, 2.75) is 23.6 Å². The molecular weight excluding hydrogens is 422 g/mol. The summed E-state index contributed by atoms with van der Waals surface area (Å²) < 4.78 is 26.8.